The van der Waals surface area contributed by atoms with E-state index < -0.39 is 16.9 Å². The summed E-state index contributed by atoms with van der Waals surface area (Å²) in [6.07, 6.45) is 0. The number of amides is 1. The number of anilines is 1. The van der Waals surface area contributed by atoms with Gasteiger partial charge < -0.3 is 14.8 Å². The largest absolute Gasteiger partial charge is 0.493 e. The van der Waals surface area contributed by atoms with Gasteiger partial charge in [-0.1, -0.05) is 48.5 Å². The highest BCUT2D eigenvalue weighted by Crippen LogP contribution is 2.66. The van der Waals surface area contributed by atoms with Gasteiger partial charge in [0.2, 0.25) is 0 Å². The number of likely N-dealkylation sites (tertiary alicyclic amines) is 1. The van der Waals surface area contributed by atoms with Crippen LogP contribution in [0.4, 0.5) is 5.69 Å². The first kappa shape index (κ1) is 21.6. The summed E-state index contributed by atoms with van der Waals surface area (Å²) in [7, 11) is 4.91. The molecule has 3 aliphatic rings. The molecule has 0 radical (unpaired) electrons. The Bertz CT molecular complexity index is 1400. The van der Waals surface area contributed by atoms with E-state index in [1.807, 2.05) is 42.3 Å². The number of nitrogens with zero attached hydrogens (tertiary/aromatic N) is 1. The second kappa shape index (κ2) is 7.26. The van der Waals surface area contributed by atoms with Crippen molar-refractivity contribution in [1.29, 1.82) is 0 Å². The van der Waals surface area contributed by atoms with Gasteiger partial charge in [0, 0.05) is 34.8 Å². The average Bonchev–Trinajstić information content (AvgIpc) is 3.43. The fraction of sp³-hybridized carbons (Fsp3) is 0.250. The fourth-order valence-corrected chi connectivity index (χ4v) is 6.59. The lowest BCUT2D eigenvalue weighted by Gasteiger charge is -2.42. The van der Waals surface area contributed by atoms with E-state index in [-0.39, 0.29) is 17.5 Å². The van der Waals surface area contributed by atoms with Crippen LogP contribution in [-0.2, 0) is 10.3 Å². The first-order valence-electron chi connectivity index (χ1n) is 11.5. The number of Topliss-reactive ketones (excluding diaryl/α,β-unsaturated/α-hetero) is 2. The second-order valence-corrected chi connectivity index (χ2v) is 9.27. The lowest BCUT2D eigenvalue weighted by Crippen LogP contribution is -2.60. The van der Waals surface area contributed by atoms with Crippen molar-refractivity contribution in [3.8, 4) is 11.5 Å². The molecule has 6 rings (SSSR count). The van der Waals surface area contributed by atoms with Crippen molar-refractivity contribution in [2.24, 2.45) is 5.41 Å². The van der Waals surface area contributed by atoms with Crippen molar-refractivity contribution in [3.05, 3.63) is 89.0 Å². The zero-order valence-corrected chi connectivity index (χ0v) is 19.6. The van der Waals surface area contributed by atoms with Gasteiger partial charge in [-0.2, -0.15) is 0 Å². The second-order valence-electron chi connectivity index (χ2n) is 9.27. The molecule has 35 heavy (non-hydrogen) atoms. The zero-order chi connectivity index (χ0) is 24.5. The third-order valence-electron chi connectivity index (χ3n) is 7.96. The first-order valence-corrected chi connectivity index (χ1v) is 11.5. The number of ether oxygens (including phenoxy) is 2. The quantitative estimate of drug-likeness (QED) is 0.591. The molecule has 2 atom stereocenters. The molecule has 2 aliphatic heterocycles. The van der Waals surface area contributed by atoms with Crippen LogP contribution in [0.2, 0.25) is 0 Å². The van der Waals surface area contributed by atoms with Crippen molar-refractivity contribution in [2.75, 3.05) is 33.1 Å². The van der Waals surface area contributed by atoms with Crippen LogP contribution in [-0.4, -0.2) is 50.2 Å². The van der Waals surface area contributed by atoms with Crippen molar-refractivity contribution in [2.45, 2.75) is 11.5 Å². The Morgan fingerprint density at radius 2 is 1.49 bits per heavy atom. The number of likely N-dealkylation sites (N-methyl/N-ethyl adjacent to an activating group) is 1. The number of carbonyl (C=O) groups is 3. The van der Waals surface area contributed by atoms with E-state index in [9.17, 15) is 14.4 Å². The van der Waals surface area contributed by atoms with Crippen LogP contribution >= 0.6 is 0 Å². The molecule has 3 aromatic carbocycles. The number of nitrogens with one attached hydrogen (secondary N) is 1. The van der Waals surface area contributed by atoms with Gasteiger partial charge in [0.05, 0.1) is 14.2 Å². The molecule has 3 aromatic rings. The molecule has 0 aromatic heterocycles. The van der Waals surface area contributed by atoms with Gasteiger partial charge in [0.15, 0.2) is 23.1 Å². The molecule has 1 fully saturated rings. The number of rotatable bonds is 3. The normalized spacial score (nSPS) is 24.1. The van der Waals surface area contributed by atoms with E-state index in [2.05, 4.69) is 5.32 Å². The van der Waals surface area contributed by atoms with Crippen LogP contribution in [0.5, 0.6) is 11.5 Å². The Kier molecular flexibility index (Phi) is 4.47. The molecule has 0 saturated carbocycles. The van der Waals surface area contributed by atoms with Gasteiger partial charge in [0.1, 0.15) is 11.0 Å². The highest BCUT2D eigenvalue weighted by Gasteiger charge is 2.78. The molecule has 2 spiro atoms. The molecule has 176 valence electrons. The standard InChI is InChI=1S/C28H24N2O5/c1-30-15-20(16-12-13-22(34-2)23(14-16)35-3)27(24(31)17-8-4-5-9-18(17)25(27)32)28(30)19-10-6-7-11-21(19)29-26(28)33/h4-14,20H,15H2,1-3H3,(H,29,33)/t20-,28?/m0/s1. The number of para-hydroxylation sites is 1. The Balaban J connectivity index is 1.69. The Hall–Kier alpha value is -3.97. The summed E-state index contributed by atoms with van der Waals surface area (Å²) in [5.41, 5.74) is -0.461. The number of hydrogen-bond donors (Lipinski definition) is 1. The summed E-state index contributed by atoms with van der Waals surface area (Å²) >= 11 is 0. The predicted octanol–water partition coefficient (Wildman–Crippen LogP) is 3.65. The zero-order valence-electron chi connectivity index (χ0n) is 19.6. The Morgan fingerprint density at radius 1 is 0.857 bits per heavy atom. The van der Waals surface area contributed by atoms with Gasteiger partial charge >= 0.3 is 0 Å². The molecule has 0 bridgehead atoms. The van der Waals surface area contributed by atoms with Gasteiger partial charge in [-0.15, -0.1) is 0 Å². The molecule has 7 heteroatoms. The minimum absolute atomic E-state index is 0.322. The molecule has 1 saturated heterocycles. The van der Waals surface area contributed by atoms with Crippen molar-refractivity contribution in [3.63, 3.8) is 0 Å². The number of hydrogen-bond acceptors (Lipinski definition) is 6. The number of ketones is 2. The Morgan fingerprint density at radius 3 is 2.14 bits per heavy atom. The van der Waals surface area contributed by atoms with Gasteiger partial charge in [-0.3, -0.25) is 19.3 Å². The maximum absolute atomic E-state index is 14.5. The fourth-order valence-electron chi connectivity index (χ4n) is 6.59. The van der Waals surface area contributed by atoms with Crippen LogP contribution in [0.3, 0.4) is 0 Å². The van der Waals surface area contributed by atoms with Crippen LogP contribution in [0.1, 0.15) is 37.8 Å². The van der Waals surface area contributed by atoms with Gasteiger partial charge in [0.25, 0.3) is 5.91 Å². The van der Waals surface area contributed by atoms with E-state index >= 15 is 0 Å². The van der Waals surface area contributed by atoms with E-state index in [0.29, 0.717) is 40.4 Å². The smallest absolute Gasteiger partial charge is 0.251 e. The summed E-state index contributed by atoms with van der Waals surface area (Å²) in [5, 5.41) is 2.96. The summed E-state index contributed by atoms with van der Waals surface area (Å²) in [5.74, 6) is -0.573. The summed E-state index contributed by atoms with van der Waals surface area (Å²) in [6.45, 7) is 0.322. The minimum Gasteiger partial charge on any atom is -0.493 e. The monoisotopic (exact) mass is 468 g/mol. The van der Waals surface area contributed by atoms with Gasteiger partial charge in [-0.25, -0.2) is 0 Å². The summed E-state index contributed by atoms with van der Waals surface area (Å²) in [4.78, 5) is 44.8. The third-order valence-corrected chi connectivity index (χ3v) is 7.96. The first-order chi connectivity index (χ1) is 16.9. The van der Waals surface area contributed by atoms with Crippen LogP contribution < -0.4 is 14.8 Å². The highest BCUT2D eigenvalue weighted by molar-refractivity contribution is 6.34. The van der Waals surface area contributed by atoms with E-state index in [1.54, 1.807) is 50.6 Å². The predicted molar refractivity (Wildman–Crippen MR) is 129 cm³/mol. The molecule has 2 heterocycles. The summed E-state index contributed by atoms with van der Waals surface area (Å²) in [6, 6.07) is 19.6. The Labute approximate surface area is 202 Å². The molecule has 7 nitrogen and oxygen atoms in total. The maximum atomic E-state index is 14.5. The lowest BCUT2D eigenvalue weighted by molar-refractivity contribution is -0.128. The minimum atomic E-state index is -1.68. The molecule has 1 N–H and O–H groups in total. The topological polar surface area (TPSA) is 84.9 Å². The van der Waals surface area contributed by atoms with Crippen molar-refractivity contribution in [1.82, 2.24) is 4.90 Å². The lowest BCUT2D eigenvalue weighted by atomic mass is 9.58. The third kappa shape index (κ3) is 2.36. The number of methoxy groups -OCH3 is 2. The number of carbonyl (C=O) groups excluding carboxylic acids is 3. The number of fused-ring (bicyclic) bond motifs is 4. The number of benzene rings is 3. The van der Waals surface area contributed by atoms with Gasteiger partial charge in [-0.05, 0) is 30.8 Å². The van der Waals surface area contributed by atoms with Crippen LogP contribution in [0.15, 0.2) is 66.7 Å². The molecule has 1 amide bonds. The maximum Gasteiger partial charge on any atom is 0.251 e. The van der Waals surface area contributed by atoms with E-state index in [1.165, 1.54) is 0 Å². The molecule has 1 unspecified atom stereocenters. The molecular weight excluding hydrogens is 444 g/mol. The van der Waals surface area contributed by atoms with Crippen LogP contribution in [0, 0.1) is 5.41 Å². The highest BCUT2D eigenvalue weighted by atomic mass is 16.5. The van der Waals surface area contributed by atoms with E-state index in [0.717, 1.165) is 5.56 Å². The van der Waals surface area contributed by atoms with Crippen molar-refractivity contribution < 1.29 is 23.9 Å². The SMILES string of the molecule is COc1ccc([C@@H]2CN(C)C3(C(=O)Nc4ccccc43)C23C(=O)c2ccccc2C3=O)cc1OC. The molecular formula is C28H24N2O5. The summed E-state index contributed by atoms with van der Waals surface area (Å²) < 4.78 is 10.9. The van der Waals surface area contributed by atoms with Crippen LogP contribution in [0.25, 0.3) is 0 Å². The van der Waals surface area contributed by atoms with Crippen molar-refractivity contribution >= 4 is 23.2 Å². The molecule has 1 aliphatic carbocycles. The average molecular weight is 469 g/mol. The van der Waals surface area contributed by atoms with E-state index in [4.69, 9.17) is 9.47 Å².